The van der Waals surface area contributed by atoms with Gasteiger partial charge in [-0.05, 0) is 12.1 Å². The van der Waals surface area contributed by atoms with Crippen molar-refractivity contribution >= 4 is 33.7 Å². The molecule has 8 heteroatoms. The summed E-state index contributed by atoms with van der Waals surface area (Å²) < 4.78 is 19.4. The fraction of sp³-hybridized carbons (Fsp3) is 0.357. The van der Waals surface area contributed by atoms with E-state index in [0.29, 0.717) is 5.75 Å². The first kappa shape index (κ1) is 18.0. The van der Waals surface area contributed by atoms with Crippen molar-refractivity contribution in [2.45, 2.75) is 0 Å². The molecule has 0 heterocycles. The Balaban J connectivity index is 2.92. The minimum Gasteiger partial charge on any atom is -0.482 e. The van der Waals surface area contributed by atoms with E-state index in [-0.39, 0.29) is 35.6 Å². The van der Waals surface area contributed by atoms with Crippen molar-refractivity contribution in [3.05, 3.63) is 23.8 Å². The molecular formula is C14H15BrO7. The quantitative estimate of drug-likeness (QED) is 0.385. The minimum atomic E-state index is -0.585. The number of halogens is 1. The second-order valence-electron chi connectivity index (χ2n) is 3.94. The van der Waals surface area contributed by atoms with Crippen molar-refractivity contribution in [2.24, 2.45) is 0 Å². The summed E-state index contributed by atoms with van der Waals surface area (Å²) in [5.74, 6) is -0.885. The van der Waals surface area contributed by atoms with Gasteiger partial charge >= 0.3 is 11.9 Å². The highest BCUT2D eigenvalue weighted by Gasteiger charge is 2.15. The third-order valence-electron chi connectivity index (χ3n) is 2.53. The van der Waals surface area contributed by atoms with Gasteiger partial charge in [0, 0.05) is 6.07 Å². The van der Waals surface area contributed by atoms with Crippen LogP contribution in [0.25, 0.3) is 0 Å². The van der Waals surface area contributed by atoms with Crippen LogP contribution < -0.4 is 9.47 Å². The fourth-order valence-corrected chi connectivity index (χ4v) is 1.71. The first-order chi connectivity index (χ1) is 10.5. The molecule has 0 amide bonds. The largest absolute Gasteiger partial charge is 0.482 e. The highest BCUT2D eigenvalue weighted by molar-refractivity contribution is 9.09. The second-order valence-corrected chi connectivity index (χ2v) is 4.51. The SMILES string of the molecule is COC(=O)COc1ccc(C(=O)CBr)c(OCC(=O)OC)c1. The van der Waals surface area contributed by atoms with Gasteiger partial charge in [0.1, 0.15) is 11.5 Å². The van der Waals surface area contributed by atoms with E-state index in [4.69, 9.17) is 9.47 Å². The average Bonchev–Trinajstić information content (AvgIpc) is 2.56. The molecule has 0 bridgehead atoms. The molecule has 0 fully saturated rings. The van der Waals surface area contributed by atoms with Gasteiger partial charge in [-0.25, -0.2) is 9.59 Å². The first-order valence-corrected chi connectivity index (χ1v) is 7.26. The number of methoxy groups -OCH3 is 2. The third kappa shape index (κ3) is 5.36. The number of Topliss-reactive ketones (excluding diaryl/α,β-unsaturated/α-hetero) is 1. The van der Waals surface area contributed by atoms with Crippen molar-refractivity contribution < 1.29 is 33.3 Å². The zero-order valence-electron chi connectivity index (χ0n) is 12.1. The van der Waals surface area contributed by atoms with Crippen LogP contribution >= 0.6 is 15.9 Å². The molecule has 0 aromatic heterocycles. The number of carbonyl (C=O) groups excluding carboxylic acids is 3. The van der Waals surface area contributed by atoms with Crippen LogP contribution in [0.3, 0.4) is 0 Å². The lowest BCUT2D eigenvalue weighted by Gasteiger charge is -2.12. The number of esters is 2. The third-order valence-corrected chi connectivity index (χ3v) is 3.04. The summed E-state index contributed by atoms with van der Waals surface area (Å²) in [7, 11) is 2.47. The van der Waals surface area contributed by atoms with E-state index in [1.165, 1.54) is 32.4 Å². The monoisotopic (exact) mass is 374 g/mol. The minimum absolute atomic E-state index is 0.101. The molecular weight excluding hydrogens is 360 g/mol. The molecule has 7 nitrogen and oxygen atoms in total. The topological polar surface area (TPSA) is 88.1 Å². The number of hydrogen-bond donors (Lipinski definition) is 0. The van der Waals surface area contributed by atoms with E-state index < -0.39 is 11.9 Å². The second kappa shape index (κ2) is 9.04. The van der Waals surface area contributed by atoms with Gasteiger partial charge in [0.25, 0.3) is 0 Å². The molecule has 1 aromatic carbocycles. The van der Waals surface area contributed by atoms with E-state index >= 15 is 0 Å². The molecule has 0 radical (unpaired) electrons. The molecule has 120 valence electrons. The zero-order chi connectivity index (χ0) is 16.5. The summed E-state index contributed by atoms with van der Waals surface area (Å²) in [5, 5.41) is 0.101. The summed E-state index contributed by atoms with van der Waals surface area (Å²) in [4.78, 5) is 34.0. The van der Waals surface area contributed by atoms with Crippen molar-refractivity contribution in [1.82, 2.24) is 0 Å². The number of rotatable bonds is 8. The van der Waals surface area contributed by atoms with Crippen molar-refractivity contribution in [1.29, 1.82) is 0 Å². The number of ketones is 1. The predicted molar refractivity (Wildman–Crippen MR) is 79.6 cm³/mol. The van der Waals surface area contributed by atoms with Gasteiger partial charge in [0.05, 0.1) is 25.1 Å². The number of hydrogen-bond acceptors (Lipinski definition) is 7. The highest BCUT2D eigenvalue weighted by Crippen LogP contribution is 2.26. The summed E-state index contributed by atoms with van der Waals surface area (Å²) >= 11 is 3.07. The fourth-order valence-electron chi connectivity index (χ4n) is 1.41. The number of alkyl halides is 1. The average molecular weight is 375 g/mol. The molecule has 0 N–H and O–H groups in total. The van der Waals surface area contributed by atoms with E-state index in [1.807, 2.05) is 0 Å². The number of benzene rings is 1. The maximum atomic E-state index is 11.8. The summed E-state index contributed by atoms with van der Waals surface area (Å²) in [6.45, 7) is -0.627. The standard InChI is InChI=1S/C14H15BrO7/c1-19-13(17)7-21-9-3-4-10(11(16)6-15)12(5-9)22-8-14(18)20-2/h3-5H,6-8H2,1-2H3. The van der Waals surface area contributed by atoms with Crippen LogP contribution in [-0.2, 0) is 19.1 Å². The lowest BCUT2D eigenvalue weighted by Crippen LogP contribution is -2.15. The molecule has 1 rings (SSSR count). The Bertz CT molecular complexity index is 556. The van der Waals surface area contributed by atoms with Gasteiger partial charge in [-0.2, -0.15) is 0 Å². The molecule has 0 aliphatic heterocycles. The molecule has 0 saturated carbocycles. The van der Waals surface area contributed by atoms with Crippen LogP contribution in [0.4, 0.5) is 0 Å². The van der Waals surface area contributed by atoms with Crippen LogP contribution in [0.1, 0.15) is 10.4 Å². The van der Waals surface area contributed by atoms with Gasteiger partial charge < -0.3 is 18.9 Å². The smallest absolute Gasteiger partial charge is 0.343 e. The maximum absolute atomic E-state index is 11.8. The van der Waals surface area contributed by atoms with Crippen LogP contribution in [0.5, 0.6) is 11.5 Å². The van der Waals surface area contributed by atoms with Crippen molar-refractivity contribution in [3.63, 3.8) is 0 Å². The van der Waals surface area contributed by atoms with E-state index in [0.717, 1.165) is 0 Å². The Morgan fingerprint density at radius 3 is 2.14 bits per heavy atom. The van der Waals surface area contributed by atoms with E-state index in [2.05, 4.69) is 25.4 Å². The van der Waals surface area contributed by atoms with Gasteiger partial charge in [-0.1, -0.05) is 15.9 Å². The number of ether oxygens (including phenoxy) is 4. The first-order valence-electron chi connectivity index (χ1n) is 6.14. The normalized spacial score (nSPS) is 9.77. The number of carbonyl (C=O) groups is 3. The molecule has 0 aliphatic rings. The molecule has 1 aromatic rings. The van der Waals surface area contributed by atoms with Crippen LogP contribution in [0, 0.1) is 0 Å². The van der Waals surface area contributed by atoms with Gasteiger partial charge in [0.2, 0.25) is 0 Å². The molecule has 0 atom stereocenters. The zero-order valence-corrected chi connectivity index (χ0v) is 13.7. The van der Waals surface area contributed by atoms with Crippen LogP contribution in [0.2, 0.25) is 0 Å². The molecule has 22 heavy (non-hydrogen) atoms. The van der Waals surface area contributed by atoms with Crippen LogP contribution in [0.15, 0.2) is 18.2 Å². The highest BCUT2D eigenvalue weighted by atomic mass is 79.9. The molecule has 0 aliphatic carbocycles. The van der Waals surface area contributed by atoms with Gasteiger partial charge in [-0.15, -0.1) is 0 Å². The molecule has 0 unspecified atom stereocenters. The Morgan fingerprint density at radius 2 is 1.59 bits per heavy atom. The van der Waals surface area contributed by atoms with Crippen molar-refractivity contribution in [2.75, 3.05) is 32.8 Å². The Kier molecular flexibility index (Phi) is 7.38. The Morgan fingerprint density at radius 1 is 1.00 bits per heavy atom. The van der Waals surface area contributed by atoms with Gasteiger partial charge in [0.15, 0.2) is 19.0 Å². The van der Waals surface area contributed by atoms with E-state index in [9.17, 15) is 14.4 Å². The van der Waals surface area contributed by atoms with Gasteiger partial charge in [-0.3, -0.25) is 4.79 Å². The van der Waals surface area contributed by atoms with Crippen LogP contribution in [-0.4, -0.2) is 50.5 Å². The Labute approximate surface area is 135 Å². The molecule has 0 spiro atoms. The predicted octanol–water partition coefficient (Wildman–Crippen LogP) is 1.37. The van der Waals surface area contributed by atoms with E-state index in [1.54, 1.807) is 0 Å². The van der Waals surface area contributed by atoms with Crippen molar-refractivity contribution in [3.8, 4) is 11.5 Å². The molecule has 0 saturated heterocycles. The maximum Gasteiger partial charge on any atom is 0.343 e. The summed E-state index contributed by atoms with van der Waals surface area (Å²) in [6, 6.07) is 4.43. The summed E-state index contributed by atoms with van der Waals surface area (Å²) in [6.07, 6.45) is 0. The lowest BCUT2D eigenvalue weighted by atomic mass is 10.1. The lowest BCUT2D eigenvalue weighted by molar-refractivity contribution is -0.143. The summed E-state index contributed by atoms with van der Waals surface area (Å²) in [5.41, 5.74) is 0.284. The Hall–Kier alpha value is -2.09.